The van der Waals surface area contributed by atoms with Crippen LogP contribution in [0.15, 0.2) is 48.5 Å². The first kappa shape index (κ1) is 15.4. The van der Waals surface area contributed by atoms with Gasteiger partial charge in [0.05, 0.1) is 7.11 Å². The number of benzene rings is 2. The summed E-state index contributed by atoms with van der Waals surface area (Å²) in [6, 6.07) is 15.3. The van der Waals surface area contributed by atoms with E-state index in [9.17, 15) is 10.2 Å². The summed E-state index contributed by atoms with van der Waals surface area (Å²) in [5.74, 6) is 0.837. The number of nitrogens with one attached hydrogen (secondary N) is 1. The first-order valence-corrected chi connectivity index (χ1v) is 6.99. The predicted molar refractivity (Wildman–Crippen MR) is 82.4 cm³/mol. The SMILES string of the molecule is COc1ccc(CN[C@H](CCO)c2ccccc2)c(O)c1. The number of aromatic hydroxyl groups is 1. The Morgan fingerprint density at radius 3 is 2.52 bits per heavy atom. The molecular weight excluding hydrogens is 266 g/mol. The Hall–Kier alpha value is -2.04. The number of hydrogen-bond acceptors (Lipinski definition) is 4. The quantitative estimate of drug-likeness (QED) is 0.732. The van der Waals surface area contributed by atoms with Crippen LogP contribution < -0.4 is 10.1 Å². The van der Waals surface area contributed by atoms with Crippen molar-refractivity contribution in [2.45, 2.75) is 19.0 Å². The zero-order valence-corrected chi connectivity index (χ0v) is 12.1. The summed E-state index contributed by atoms with van der Waals surface area (Å²) >= 11 is 0. The second-order valence-electron chi connectivity index (χ2n) is 4.85. The van der Waals surface area contributed by atoms with E-state index in [1.165, 1.54) is 0 Å². The van der Waals surface area contributed by atoms with Gasteiger partial charge < -0.3 is 20.3 Å². The molecule has 1 atom stereocenters. The Morgan fingerprint density at radius 1 is 1.14 bits per heavy atom. The van der Waals surface area contributed by atoms with Crippen LogP contribution in [0.5, 0.6) is 11.5 Å². The molecule has 0 spiro atoms. The lowest BCUT2D eigenvalue weighted by molar-refractivity contribution is 0.265. The minimum absolute atomic E-state index is 0.0534. The van der Waals surface area contributed by atoms with Crippen LogP contribution in [-0.2, 0) is 6.54 Å². The van der Waals surface area contributed by atoms with Crippen LogP contribution in [0, 0.1) is 0 Å². The van der Waals surface area contributed by atoms with E-state index in [2.05, 4.69) is 5.32 Å². The molecule has 3 N–H and O–H groups in total. The van der Waals surface area contributed by atoms with Crippen LogP contribution in [0.2, 0.25) is 0 Å². The van der Waals surface area contributed by atoms with Crippen molar-refractivity contribution < 1.29 is 14.9 Å². The van der Waals surface area contributed by atoms with Gasteiger partial charge in [-0.3, -0.25) is 0 Å². The van der Waals surface area contributed by atoms with Crippen molar-refractivity contribution in [1.29, 1.82) is 0 Å². The topological polar surface area (TPSA) is 61.7 Å². The van der Waals surface area contributed by atoms with Crippen molar-refractivity contribution in [1.82, 2.24) is 5.32 Å². The van der Waals surface area contributed by atoms with Gasteiger partial charge >= 0.3 is 0 Å². The van der Waals surface area contributed by atoms with E-state index >= 15 is 0 Å². The Labute approximate surface area is 125 Å². The van der Waals surface area contributed by atoms with Gasteiger partial charge in [-0.2, -0.15) is 0 Å². The molecule has 4 heteroatoms. The van der Waals surface area contributed by atoms with Gasteiger partial charge in [0.25, 0.3) is 0 Å². The first-order chi connectivity index (χ1) is 10.2. The van der Waals surface area contributed by atoms with Gasteiger partial charge in [0.1, 0.15) is 11.5 Å². The van der Waals surface area contributed by atoms with Crippen molar-refractivity contribution in [2.75, 3.05) is 13.7 Å². The number of aliphatic hydroxyl groups is 1. The number of rotatable bonds is 7. The standard InChI is InChI=1S/C17H21NO3/c1-21-15-8-7-14(17(20)11-15)12-18-16(9-10-19)13-5-3-2-4-6-13/h2-8,11,16,18-20H,9-10,12H2,1H3/t16-/m1/s1. The summed E-state index contributed by atoms with van der Waals surface area (Å²) in [7, 11) is 1.57. The molecule has 0 aliphatic carbocycles. The second-order valence-corrected chi connectivity index (χ2v) is 4.85. The molecule has 2 rings (SSSR count). The molecule has 0 saturated carbocycles. The zero-order valence-electron chi connectivity index (χ0n) is 12.1. The predicted octanol–water partition coefficient (Wildman–Crippen LogP) is 2.61. The summed E-state index contributed by atoms with van der Waals surface area (Å²) in [5.41, 5.74) is 1.93. The average molecular weight is 287 g/mol. The van der Waals surface area contributed by atoms with E-state index in [4.69, 9.17) is 4.74 Å². The number of methoxy groups -OCH3 is 1. The lowest BCUT2D eigenvalue weighted by atomic mass is 10.0. The van der Waals surface area contributed by atoms with Crippen molar-refractivity contribution >= 4 is 0 Å². The summed E-state index contributed by atoms with van der Waals surface area (Å²) in [5, 5.41) is 22.5. The largest absolute Gasteiger partial charge is 0.507 e. The molecule has 21 heavy (non-hydrogen) atoms. The smallest absolute Gasteiger partial charge is 0.123 e. The van der Waals surface area contributed by atoms with E-state index in [0.717, 1.165) is 11.1 Å². The van der Waals surface area contributed by atoms with Crippen LogP contribution in [0.25, 0.3) is 0 Å². The zero-order chi connectivity index (χ0) is 15.1. The maximum absolute atomic E-state index is 9.97. The highest BCUT2D eigenvalue weighted by atomic mass is 16.5. The highest BCUT2D eigenvalue weighted by Crippen LogP contribution is 2.24. The lowest BCUT2D eigenvalue weighted by Crippen LogP contribution is -2.22. The molecule has 4 nitrogen and oxygen atoms in total. The van der Waals surface area contributed by atoms with Gasteiger partial charge in [-0.15, -0.1) is 0 Å². The number of phenolic OH excluding ortho intramolecular Hbond substituents is 1. The Bertz CT molecular complexity index is 557. The monoisotopic (exact) mass is 287 g/mol. The van der Waals surface area contributed by atoms with Gasteiger partial charge in [-0.05, 0) is 18.1 Å². The minimum Gasteiger partial charge on any atom is -0.507 e. The molecule has 0 fully saturated rings. The molecule has 0 aliphatic heterocycles. The van der Waals surface area contributed by atoms with Gasteiger partial charge in [-0.1, -0.05) is 36.4 Å². The minimum atomic E-state index is 0.0534. The summed E-state index contributed by atoms with van der Waals surface area (Å²) < 4.78 is 5.07. The Morgan fingerprint density at radius 2 is 1.90 bits per heavy atom. The molecule has 112 valence electrons. The third-order valence-corrected chi connectivity index (χ3v) is 3.45. The highest BCUT2D eigenvalue weighted by molar-refractivity contribution is 5.39. The summed E-state index contributed by atoms with van der Waals surface area (Å²) in [4.78, 5) is 0. The van der Waals surface area contributed by atoms with Crippen LogP contribution in [0.3, 0.4) is 0 Å². The van der Waals surface area contributed by atoms with Crippen LogP contribution >= 0.6 is 0 Å². The van der Waals surface area contributed by atoms with Crippen molar-refractivity contribution in [2.24, 2.45) is 0 Å². The van der Waals surface area contributed by atoms with Crippen molar-refractivity contribution in [3.05, 3.63) is 59.7 Å². The normalized spacial score (nSPS) is 12.1. The lowest BCUT2D eigenvalue weighted by Gasteiger charge is -2.19. The van der Waals surface area contributed by atoms with E-state index in [1.54, 1.807) is 13.2 Å². The fourth-order valence-electron chi connectivity index (χ4n) is 2.25. The molecule has 2 aromatic carbocycles. The van der Waals surface area contributed by atoms with Crippen LogP contribution in [-0.4, -0.2) is 23.9 Å². The van der Waals surface area contributed by atoms with Gasteiger partial charge in [-0.25, -0.2) is 0 Å². The molecule has 0 amide bonds. The molecule has 0 saturated heterocycles. The molecule has 0 aliphatic rings. The van der Waals surface area contributed by atoms with Crippen molar-refractivity contribution in [3.63, 3.8) is 0 Å². The maximum Gasteiger partial charge on any atom is 0.123 e. The van der Waals surface area contributed by atoms with Crippen LogP contribution in [0.4, 0.5) is 0 Å². The van der Waals surface area contributed by atoms with E-state index in [0.29, 0.717) is 18.7 Å². The Balaban J connectivity index is 2.05. The fourth-order valence-corrected chi connectivity index (χ4v) is 2.25. The number of phenols is 1. The first-order valence-electron chi connectivity index (χ1n) is 6.99. The highest BCUT2D eigenvalue weighted by Gasteiger charge is 2.11. The third kappa shape index (κ3) is 4.21. The molecule has 0 aromatic heterocycles. The molecule has 0 unspecified atom stereocenters. The second kappa shape index (κ2) is 7.67. The van der Waals surface area contributed by atoms with Crippen molar-refractivity contribution in [3.8, 4) is 11.5 Å². The van der Waals surface area contributed by atoms with E-state index in [-0.39, 0.29) is 18.4 Å². The Kier molecular flexibility index (Phi) is 5.60. The third-order valence-electron chi connectivity index (χ3n) is 3.45. The summed E-state index contributed by atoms with van der Waals surface area (Å²) in [6.07, 6.45) is 0.626. The van der Waals surface area contributed by atoms with Gasteiger partial charge in [0, 0.05) is 30.8 Å². The average Bonchev–Trinajstić information content (AvgIpc) is 2.53. The van der Waals surface area contributed by atoms with E-state index < -0.39 is 0 Å². The maximum atomic E-state index is 9.97. The molecule has 0 bridgehead atoms. The number of aliphatic hydroxyl groups excluding tert-OH is 1. The molecule has 2 aromatic rings. The summed E-state index contributed by atoms with van der Waals surface area (Å²) in [6.45, 7) is 0.635. The molecule has 0 heterocycles. The number of hydrogen-bond donors (Lipinski definition) is 3. The van der Waals surface area contributed by atoms with Gasteiger partial charge in [0.15, 0.2) is 0 Å². The molecule has 0 radical (unpaired) electrons. The van der Waals surface area contributed by atoms with Gasteiger partial charge in [0.2, 0.25) is 0 Å². The fraction of sp³-hybridized carbons (Fsp3) is 0.294. The van der Waals surface area contributed by atoms with Crippen LogP contribution in [0.1, 0.15) is 23.6 Å². The number of ether oxygens (including phenoxy) is 1. The molecular formula is C17H21NO3. The van der Waals surface area contributed by atoms with E-state index in [1.807, 2.05) is 42.5 Å².